The molecule has 2 rings (SSSR count). The van der Waals surface area contributed by atoms with Crippen molar-refractivity contribution in [3.05, 3.63) is 18.0 Å². The van der Waals surface area contributed by atoms with Gasteiger partial charge < -0.3 is 15.8 Å². The topological polar surface area (TPSA) is 93.0 Å². The summed E-state index contributed by atoms with van der Waals surface area (Å²) in [4.78, 5) is 11.9. The number of nitrogens with two attached hydrogens (primary N) is 1. The van der Waals surface area contributed by atoms with Crippen LogP contribution >= 0.6 is 0 Å². The third-order valence-corrected chi connectivity index (χ3v) is 3.04. The second-order valence-corrected chi connectivity index (χ2v) is 4.32. The van der Waals surface area contributed by atoms with Crippen LogP contribution in [0.3, 0.4) is 0 Å². The number of aromatic nitrogens is 2. The van der Waals surface area contributed by atoms with Crippen molar-refractivity contribution < 1.29 is 9.53 Å². The van der Waals surface area contributed by atoms with Crippen LogP contribution in [0.2, 0.25) is 0 Å². The van der Waals surface area contributed by atoms with Crippen LogP contribution in [0.1, 0.15) is 31.4 Å². The quantitative estimate of drug-likeness (QED) is 0.693. The van der Waals surface area contributed by atoms with Gasteiger partial charge in [-0.1, -0.05) is 0 Å². The lowest BCUT2D eigenvalue weighted by Gasteiger charge is -2.16. The lowest BCUT2D eigenvalue weighted by atomic mass is 10.1. The number of carbonyl (C=O) groups is 1. The molecule has 0 spiro atoms. The molecule has 1 aliphatic rings. The fraction of sp³-hybridized carbons (Fsp3) is 0.636. The molecule has 3 atom stereocenters. The maximum Gasteiger partial charge on any atom is 0.249 e. The number of nitrogens with zero attached hydrogens (tertiary/aromatic N) is 1. The summed E-state index contributed by atoms with van der Waals surface area (Å²) in [6.07, 6.45) is 4.72. The summed E-state index contributed by atoms with van der Waals surface area (Å²) in [5, 5.41) is 9.47. The Morgan fingerprint density at radius 3 is 3.18 bits per heavy atom. The molecule has 0 aliphatic carbocycles. The number of hydrogen-bond acceptors (Lipinski definition) is 4. The fourth-order valence-electron chi connectivity index (χ4n) is 1.96. The van der Waals surface area contributed by atoms with Crippen molar-refractivity contribution >= 4 is 5.91 Å². The molecule has 1 fully saturated rings. The highest BCUT2D eigenvalue weighted by atomic mass is 16.5. The van der Waals surface area contributed by atoms with Gasteiger partial charge in [-0.25, -0.2) is 0 Å². The molecule has 2 heterocycles. The predicted octanol–water partition coefficient (Wildman–Crippen LogP) is 0.0932. The lowest BCUT2D eigenvalue weighted by molar-refractivity contribution is -0.132. The van der Waals surface area contributed by atoms with Gasteiger partial charge in [-0.3, -0.25) is 9.89 Å². The zero-order valence-corrected chi connectivity index (χ0v) is 9.85. The Kier molecular flexibility index (Phi) is 3.75. The van der Waals surface area contributed by atoms with E-state index in [1.165, 1.54) is 0 Å². The Morgan fingerprint density at radius 1 is 1.76 bits per heavy atom. The van der Waals surface area contributed by atoms with Crippen molar-refractivity contribution in [1.29, 1.82) is 0 Å². The Labute approximate surface area is 99.9 Å². The zero-order chi connectivity index (χ0) is 12.3. The third kappa shape index (κ3) is 2.83. The summed E-state index contributed by atoms with van der Waals surface area (Å²) in [5.41, 5.74) is 6.46. The number of ether oxygens (including phenoxy) is 1. The molecular weight excluding hydrogens is 220 g/mol. The molecule has 1 aromatic heterocycles. The number of rotatable bonds is 4. The van der Waals surface area contributed by atoms with Gasteiger partial charge in [0, 0.05) is 18.3 Å². The molecule has 4 N–H and O–H groups in total. The van der Waals surface area contributed by atoms with Crippen LogP contribution in [-0.4, -0.2) is 34.9 Å². The first-order valence-electron chi connectivity index (χ1n) is 5.85. The molecule has 6 heteroatoms. The van der Waals surface area contributed by atoms with E-state index >= 15 is 0 Å². The van der Waals surface area contributed by atoms with E-state index in [1.54, 1.807) is 12.4 Å². The summed E-state index contributed by atoms with van der Waals surface area (Å²) >= 11 is 0. The van der Waals surface area contributed by atoms with E-state index in [-0.39, 0.29) is 24.2 Å². The van der Waals surface area contributed by atoms with Crippen molar-refractivity contribution in [2.45, 2.75) is 38.0 Å². The molecule has 3 unspecified atom stereocenters. The van der Waals surface area contributed by atoms with Gasteiger partial charge in [-0.15, -0.1) is 0 Å². The van der Waals surface area contributed by atoms with Gasteiger partial charge in [0.1, 0.15) is 6.10 Å². The molecule has 0 radical (unpaired) electrons. The Morgan fingerprint density at radius 2 is 2.59 bits per heavy atom. The Balaban J connectivity index is 1.85. The molecule has 1 saturated heterocycles. The Hall–Kier alpha value is -1.40. The molecule has 0 bridgehead atoms. The summed E-state index contributed by atoms with van der Waals surface area (Å²) < 4.78 is 5.53. The van der Waals surface area contributed by atoms with E-state index < -0.39 is 0 Å². The van der Waals surface area contributed by atoms with Gasteiger partial charge in [0.2, 0.25) is 5.91 Å². The predicted molar refractivity (Wildman–Crippen MR) is 62.1 cm³/mol. The third-order valence-electron chi connectivity index (χ3n) is 3.04. The molecule has 17 heavy (non-hydrogen) atoms. The van der Waals surface area contributed by atoms with Crippen molar-refractivity contribution in [2.24, 2.45) is 5.73 Å². The largest absolute Gasteiger partial charge is 0.364 e. The number of aromatic amines is 1. The summed E-state index contributed by atoms with van der Waals surface area (Å²) in [6, 6.07) is -0.0678. The van der Waals surface area contributed by atoms with Crippen LogP contribution < -0.4 is 11.1 Å². The molecule has 1 aliphatic heterocycles. The normalized spacial score (nSPS) is 25.8. The highest BCUT2D eigenvalue weighted by Crippen LogP contribution is 2.20. The summed E-state index contributed by atoms with van der Waals surface area (Å²) in [7, 11) is 0. The Bertz CT molecular complexity index is 366. The number of hydrogen-bond donors (Lipinski definition) is 3. The van der Waals surface area contributed by atoms with Gasteiger partial charge in [0.05, 0.1) is 18.3 Å². The molecule has 6 nitrogen and oxygen atoms in total. The van der Waals surface area contributed by atoms with E-state index in [4.69, 9.17) is 10.5 Å². The monoisotopic (exact) mass is 238 g/mol. The molecule has 1 amide bonds. The lowest BCUT2D eigenvalue weighted by Crippen LogP contribution is -2.36. The molecule has 94 valence electrons. The fourth-order valence-corrected chi connectivity index (χ4v) is 1.96. The molecule has 0 saturated carbocycles. The van der Waals surface area contributed by atoms with Crippen LogP contribution in [0, 0.1) is 0 Å². The van der Waals surface area contributed by atoms with E-state index in [1.807, 2.05) is 6.92 Å². The highest BCUT2D eigenvalue weighted by Gasteiger charge is 2.30. The van der Waals surface area contributed by atoms with Gasteiger partial charge in [0.15, 0.2) is 0 Å². The average Bonchev–Trinajstić information content (AvgIpc) is 3.00. The van der Waals surface area contributed by atoms with Crippen LogP contribution in [-0.2, 0) is 9.53 Å². The van der Waals surface area contributed by atoms with Crippen LogP contribution in [0.25, 0.3) is 0 Å². The minimum absolute atomic E-state index is 0.0231. The molecule has 0 aromatic carbocycles. The first-order chi connectivity index (χ1) is 8.20. The summed E-state index contributed by atoms with van der Waals surface area (Å²) in [5.74, 6) is -0.0744. The van der Waals surface area contributed by atoms with E-state index in [0.717, 1.165) is 18.4 Å². The second kappa shape index (κ2) is 5.29. The standard InChI is InChI=1S/C11H18N4O2/c1-7(8-5-13-14-6-8)15-11(16)10-3-2-9(4-12)17-10/h5-7,9-10H,2-4,12H2,1H3,(H,13,14)(H,15,16). The van der Waals surface area contributed by atoms with Crippen molar-refractivity contribution in [3.8, 4) is 0 Å². The van der Waals surface area contributed by atoms with Crippen molar-refractivity contribution in [3.63, 3.8) is 0 Å². The number of nitrogens with one attached hydrogen (secondary N) is 2. The highest BCUT2D eigenvalue weighted by molar-refractivity contribution is 5.81. The van der Waals surface area contributed by atoms with E-state index in [2.05, 4.69) is 15.5 Å². The smallest absolute Gasteiger partial charge is 0.249 e. The van der Waals surface area contributed by atoms with Gasteiger partial charge in [-0.2, -0.15) is 5.10 Å². The number of carbonyl (C=O) groups excluding carboxylic acids is 1. The van der Waals surface area contributed by atoms with E-state index in [0.29, 0.717) is 6.54 Å². The van der Waals surface area contributed by atoms with Gasteiger partial charge >= 0.3 is 0 Å². The minimum Gasteiger partial charge on any atom is -0.364 e. The van der Waals surface area contributed by atoms with Crippen LogP contribution in [0.15, 0.2) is 12.4 Å². The minimum atomic E-state index is -0.363. The number of H-pyrrole nitrogens is 1. The van der Waals surface area contributed by atoms with Crippen molar-refractivity contribution in [1.82, 2.24) is 15.5 Å². The second-order valence-electron chi connectivity index (χ2n) is 4.32. The average molecular weight is 238 g/mol. The van der Waals surface area contributed by atoms with Crippen molar-refractivity contribution in [2.75, 3.05) is 6.54 Å². The molecular formula is C11H18N4O2. The maximum absolute atomic E-state index is 11.9. The molecule has 1 aromatic rings. The van der Waals surface area contributed by atoms with Crippen LogP contribution in [0.5, 0.6) is 0 Å². The summed E-state index contributed by atoms with van der Waals surface area (Å²) in [6.45, 7) is 2.39. The SMILES string of the molecule is CC(NC(=O)C1CCC(CN)O1)c1cn[nH]c1. The zero-order valence-electron chi connectivity index (χ0n) is 9.85. The van der Waals surface area contributed by atoms with Gasteiger partial charge in [0.25, 0.3) is 0 Å². The first-order valence-corrected chi connectivity index (χ1v) is 5.85. The van der Waals surface area contributed by atoms with E-state index in [9.17, 15) is 4.79 Å². The number of amides is 1. The van der Waals surface area contributed by atoms with Crippen LogP contribution in [0.4, 0.5) is 0 Å². The van der Waals surface area contributed by atoms with Gasteiger partial charge in [-0.05, 0) is 19.8 Å². The maximum atomic E-state index is 11.9. The first kappa shape index (κ1) is 12.1.